The molecular weight excluding hydrogens is 324 g/mol. The Morgan fingerprint density at radius 3 is 2.65 bits per heavy atom. The van der Waals surface area contributed by atoms with Gasteiger partial charge in [-0.3, -0.25) is 9.80 Å². The fourth-order valence-corrected chi connectivity index (χ4v) is 4.68. The predicted octanol–water partition coefficient (Wildman–Crippen LogP) is 2.99. The molecular formula is C22H34N2O2. The average Bonchev–Trinajstić information content (AvgIpc) is 2.70. The first kappa shape index (κ1) is 18.3. The highest BCUT2D eigenvalue weighted by Gasteiger charge is 2.22. The molecule has 1 aromatic rings. The Morgan fingerprint density at radius 2 is 1.81 bits per heavy atom. The minimum atomic E-state index is 0.798. The second-order valence-electron chi connectivity index (χ2n) is 8.20. The van der Waals surface area contributed by atoms with Gasteiger partial charge in [0.05, 0.1) is 13.2 Å². The van der Waals surface area contributed by atoms with Crippen LogP contribution in [0, 0.1) is 5.92 Å². The van der Waals surface area contributed by atoms with E-state index in [4.69, 9.17) is 9.47 Å². The molecule has 144 valence electrons. The summed E-state index contributed by atoms with van der Waals surface area (Å²) in [6, 6.07) is 6.81. The van der Waals surface area contributed by atoms with E-state index < -0.39 is 0 Å². The van der Waals surface area contributed by atoms with Gasteiger partial charge in [0.15, 0.2) is 0 Å². The van der Waals surface area contributed by atoms with E-state index in [-0.39, 0.29) is 0 Å². The van der Waals surface area contributed by atoms with E-state index in [1.54, 1.807) is 0 Å². The lowest BCUT2D eigenvalue weighted by atomic mass is 9.83. The van der Waals surface area contributed by atoms with Gasteiger partial charge < -0.3 is 9.47 Å². The number of ether oxygens (including phenoxy) is 2. The van der Waals surface area contributed by atoms with E-state index in [1.807, 2.05) is 0 Å². The number of benzene rings is 1. The van der Waals surface area contributed by atoms with Crippen molar-refractivity contribution in [1.82, 2.24) is 9.80 Å². The summed E-state index contributed by atoms with van der Waals surface area (Å²) in [6.07, 6.45) is 7.83. The van der Waals surface area contributed by atoms with Crippen LogP contribution in [0.1, 0.15) is 36.8 Å². The molecule has 4 rings (SSSR count). The maximum Gasteiger partial charge on any atom is 0.119 e. The number of rotatable bonds is 6. The van der Waals surface area contributed by atoms with E-state index in [9.17, 15) is 0 Å². The number of fused-ring (bicyclic) bond motifs is 1. The van der Waals surface area contributed by atoms with Crippen LogP contribution in [0.3, 0.4) is 0 Å². The van der Waals surface area contributed by atoms with Gasteiger partial charge in [0, 0.05) is 26.2 Å². The molecule has 26 heavy (non-hydrogen) atoms. The summed E-state index contributed by atoms with van der Waals surface area (Å²) in [5, 5.41) is 0. The van der Waals surface area contributed by atoms with Crippen LogP contribution < -0.4 is 4.74 Å². The topological polar surface area (TPSA) is 24.9 Å². The Bertz CT molecular complexity index is 565. The van der Waals surface area contributed by atoms with E-state index >= 15 is 0 Å². The minimum Gasteiger partial charge on any atom is -0.492 e. The zero-order valence-corrected chi connectivity index (χ0v) is 16.1. The van der Waals surface area contributed by atoms with E-state index in [0.29, 0.717) is 0 Å². The fourth-order valence-electron chi connectivity index (χ4n) is 4.68. The van der Waals surface area contributed by atoms with E-state index in [2.05, 4.69) is 28.0 Å². The maximum atomic E-state index is 6.06. The normalized spacial score (nSPS) is 25.0. The number of likely N-dealkylation sites (tertiary alicyclic amines) is 1. The van der Waals surface area contributed by atoms with Gasteiger partial charge in [-0.15, -0.1) is 0 Å². The molecule has 4 heteroatoms. The van der Waals surface area contributed by atoms with Crippen LogP contribution >= 0.6 is 0 Å². The SMILES string of the molecule is c1cc2c(cc1OCCN1CCCCC1)CCC(CN1CCOCC1)C2. The molecule has 1 unspecified atom stereocenters. The fraction of sp³-hybridized carbons (Fsp3) is 0.727. The third-order valence-corrected chi connectivity index (χ3v) is 6.25. The first-order chi connectivity index (χ1) is 12.9. The molecule has 2 saturated heterocycles. The average molecular weight is 359 g/mol. The lowest BCUT2D eigenvalue weighted by Crippen LogP contribution is -2.40. The molecule has 2 aliphatic heterocycles. The number of hydrogen-bond acceptors (Lipinski definition) is 4. The van der Waals surface area contributed by atoms with Gasteiger partial charge in [-0.2, -0.15) is 0 Å². The third kappa shape index (κ3) is 4.99. The quantitative estimate of drug-likeness (QED) is 0.780. The zero-order valence-electron chi connectivity index (χ0n) is 16.1. The number of piperidine rings is 1. The minimum absolute atomic E-state index is 0.798. The summed E-state index contributed by atoms with van der Waals surface area (Å²) in [7, 11) is 0. The largest absolute Gasteiger partial charge is 0.492 e. The Morgan fingerprint density at radius 1 is 0.962 bits per heavy atom. The molecule has 1 aromatic carbocycles. The van der Waals surface area contributed by atoms with Gasteiger partial charge in [-0.25, -0.2) is 0 Å². The molecule has 3 aliphatic rings. The van der Waals surface area contributed by atoms with Crippen LogP contribution in [0.25, 0.3) is 0 Å². The smallest absolute Gasteiger partial charge is 0.119 e. The Hall–Kier alpha value is -1.10. The molecule has 1 atom stereocenters. The summed E-state index contributed by atoms with van der Waals surface area (Å²) in [5.74, 6) is 1.86. The molecule has 0 N–H and O–H groups in total. The monoisotopic (exact) mass is 358 g/mol. The van der Waals surface area contributed by atoms with Crippen LogP contribution in [0.15, 0.2) is 18.2 Å². The molecule has 0 amide bonds. The summed E-state index contributed by atoms with van der Waals surface area (Å²) in [6.45, 7) is 9.63. The van der Waals surface area contributed by atoms with Gasteiger partial charge in [0.1, 0.15) is 12.4 Å². The van der Waals surface area contributed by atoms with Crippen molar-refractivity contribution in [2.45, 2.75) is 38.5 Å². The van der Waals surface area contributed by atoms with Crippen molar-refractivity contribution in [3.63, 3.8) is 0 Å². The zero-order chi connectivity index (χ0) is 17.6. The number of aryl methyl sites for hydroxylation is 1. The molecule has 0 aromatic heterocycles. The van der Waals surface area contributed by atoms with Crippen LogP contribution in [0.2, 0.25) is 0 Å². The van der Waals surface area contributed by atoms with Crippen molar-refractivity contribution in [2.75, 3.05) is 59.1 Å². The van der Waals surface area contributed by atoms with Crippen molar-refractivity contribution in [3.05, 3.63) is 29.3 Å². The summed E-state index contributed by atoms with van der Waals surface area (Å²) < 4.78 is 11.5. The van der Waals surface area contributed by atoms with Gasteiger partial charge in [0.25, 0.3) is 0 Å². The van der Waals surface area contributed by atoms with Gasteiger partial charge in [0.2, 0.25) is 0 Å². The van der Waals surface area contributed by atoms with Crippen molar-refractivity contribution in [2.24, 2.45) is 5.92 Å². The first-order valence-electron chi connectivity index (χ1n) is 10.6. The van der Waals surface area contributed by atoms with Crippen molar-refractivity contribution in [1.29, 1.82) is 0 Å². The second kappa shape index (κ2) is 9.20. The summed E-state index contributed by atoms with van der Waals surface area (Å²) >= 11 is 0. The van der Waals surface area contributed by atoms with Crippen LogP contribution in [0.5, 0.6) is 5.75 Å². The molecule has 2 heterocycles. The molecule has 0 bridgehead atoms. The molecule has 1 aliphatic carbocycles. The lowest BCUT2D eigenvalue weighted by molar-refractivity contribution is 0.0296. The van der Waals surface area contributed by atoms with Crippen LogP contribution in [-0.2, 0) is 17.6 Å². The molecule has 0 spiro atoms. The number of hydrogen-bond donors (Lipinski definition) is 0. The number of morpholine rings is 1. The summed E-state index contributed by atoms with van der Waals surface area (Å²) in [4.78, 5) is 5.12. The standard InChI is InChI=1S/C22H34N2O2/c1-2-8-23(9-3-1)12-15-26-22-7-6-20-16-19(4-5-21(20)17-22)18-24-10-13-25-14-11-24/h6-7,17,19H,1-5,8-16,18H2. The van der Waals surface area contributed by atoms with Crippen LogP contribution in [0.4, 0.5) is 0 Å². The van der Waals surface area contributed by atoms with Gasteiger partial charge >= 0.3 is 0 Å². The predicted molar refractivity (Wildman–Crippen MR) is 105 cm³/mol. The van der Waals surface area contributed by atoms with Crippen LogP contribution in [-0.4, -0.2) is 68.9 Å². The Balaban J connectivity index is 1.25. The maximum absolute atomic E-state index is 6.06. The van der Waals surface area contributed by atoms with Crippen molar-refractivity contribution in [3.8, 4) is 5.75 Å². The molecule has 0 saturated carbocycles. The van der Waals surface area contributed by atoms with Gasteiger partial charge in [-0.05, 0) is 74.4 Å². The highest BCUT2D eigenvalue weighted by atomic mass is 16.5. The molecule has 0 radical (unpaired) electrons. The third-order valence-electron chi connectivity index (χ3n) is 6.25. The highest BCUT2D eigenvalue weighted by molar-refractivity contribution is 5.37. The molecule has 2 fully saturated rings. The Kier molecular flexibility index (Phi) is 6.47. The van der Waals surface area contributed by atoms with Crippen molar-refractivity contribution >= 4 is 0 Å². The second-order valence-corrected chi connectivity index (χ2v) is 8.20. The summed E-state index contributed by atoms with van der Waals surface area (Å²) in [5.41, 5.74) is 3.05. The lowest BCUT2D eigenvalue weighted by Gasteiger charge is -2.33. The van der Waals surface area contributed by atoms with Gasteiger partial charge in [-0.1, -0.05) is 12.5 Å². The van der Waals surface area contributed by atoms with E-state index in [0.717, 1.165) is 51.1 Å². The van der Waals surface area contributed by atoms with E-state index in [1.165, 1.54) is 69.3 Å². The van der Waals surface area contributed by atoms with Crippen molar-refractivity contribution < 1.29 is 9.47 Å². The first-order valence-corrected chi connectivity index (χ1v) is 10.6. The highest BCUT2D eigenvalue weighted by Crippen LogP contribution is 2.29. The number of nitrogens with zero attached hydrogens (tertiary/aromatic N) is 2. The molecule has 4 nitrogen and oxygen atoms in total. The Labute approximate surface area is 158 Å².